The van der Waals surface area contributed by atoms with E-state index in [-0.39, 0.29) is 6.10 Å². The molecule has 0 saturated carbocycles. The molecule has 1 aromatic rings. The van der Waals surface area contributed by atoms with Crippen LogP contribution in [0.1, 0.15) is 18.1 Å². The molecule has 0 heterocycles. The van der Waals surface area contributed by atoms with Gasteiger partial charge in [0.25, 0.3) is 0 Å². The molecule has 82 valence electrons. The van der Waals surface area contributed by atoms with Gasteiger partial charge in [-0.1, -0.05) is 36.4 Å². The number of methoxy groups -OCH3 is 1. The molecule has 0 spiro atoms. The lowest BCUT2D eigenvalue weighted by molar-refractivity contribution is 0.119. The molecule has 1 atom stereocenters. The van der Waals surface area contributed by atoms with Gasteiger partial charge >= 0.3 is 0 Å². The first-order valence-electron chi connectivity index (χ1n) is 5.24. The zero-order valence-electron chi connectivity index (χ0n) is 9.44. The molecule has 0 aliphatic rings. The summed E-state index contributed by atoms with van der Waals surface area (Å²) in [5.41, 5.74) is 7.88. The van der Waals surface area contributed by atoms with Crippen molar-refractivity contribution in [1.29, 1.82) is 0 Å². The van der Waals surface area contributed by atoms with E-state index in [9.17, 15) is 0 Å². The normalized spacial score (nSPS) is 13.3. The van der Waals surface area contributed by atoms with Crippen molar-refractivity contribution >= 4 is 6.08 Å². The van der Waals surface area contributed by atoms with Gasteiger partial charge in [0, 0.05) is 13.7 Å². The summed E-state index contributed by atoms with van der Waals surface area (Å²) in [6, 6.07) is 8.46. The molecule has 0 aliphatic carbocycles. The second-order valence-electron chi connectivity index (χ2n) is 3.63. The van der Waals surface area contributed by atoms with Gasteiger partial charge < -0.3 is 10.5 Å². The second kappa shape index (κ2) is 6.38. The SMILES string of the molecule is COC(C)Cc1ccc(/C=C/CN)cc1. The second-order valence-corrected chi connectivity index (χ2v) is 3.63. The third-order valence-electron chi connectivity index (χ3n) is 2.35. The van der Waals surface area contributed by atoms with E-state index in [1.165, 1.54) is 11.1 Å². The van der Waals surface area contributed by atoms with E-state index in [4.69, 9.17) is 10.5 Å². The Morgan fingerprint density at radius 2 is 2.00 bits per heavy atom. The Morgan fingerprint density at radius 1 is 1.33 bits per heavy atom. The summed E-state index contributed by atoms with van der Waals surface area (Å²) in [7, 11) is 1.74. The van der Waals surface area contributed by atoms with Gasteiger partial charge in [0.1, 0.15) is 0 Å². The molecule has 1 rings (SSSR count). The van der Waals surface area contributed by atoms with Gasteiger partial charge in [0.05, 0.1) is 6.10 Å². The molecular formula is C13H19NO. The van der Waals surface area contributed by atoms with Crippen molar-refractivity contribution in [3.05, 3.63) is 41.5 Å². The summed E-state index contributed by atoms with van der Waals surface area (Å²) in [5.74, 6) is 0. The standard InChI is InChI=1S/C13H19NO/c1-11(15-2)10-13-7-5-12(6-8-13)4-3-9-14/h3-8,11H,9-10,14H2,1-2H3/b4-3+. The van der Waals surface area contributed by atoms with Crippen LogP contribution in [-0.2, 0) is 11.2 Å². The fraction of sp³-hybridized carbons (Fsp3) is 0.385. The van der Waals surface area contributed by atoms with Gasteiger partial charge in [-0.05, 0) is 24.5 Å². The zero-order chi connectivity index (χ0) is 11.1. The first-order chi connectivity index (χ1) is 7.26. The summed E-state index contributed by atoms with van der Waals surface area (Å²) in [4.78, 5) is 0. The molecule has 0 radical (unpaired) electrons. The van der Waals surface area contributed by atoms with E-state index in [2.05, 4.69) is 31.2 Å². The molecule has 2 heteroatoms. The highest BCUT2D eigenvalue weighted by atomic mass is 16.5. The lowest BCUT2D eigenvalue weighted by Gasteiger charge is -2.08. The van der Waals surface area contributed by atoms with Crippen LogP contribution in [0.25, 0.3) is 6.08 Å². The molecule has 1 aromatic carbocycles. The van der Waals surface area contributed by atoms with E-state index in [0.29, 0.717) is 6.54 Å². The number of benzene rings is 1. The van der Waals surface area contributed by atoms with E-state index in [1.807, 2.05) is 12.2 Å². The lowest BCUT2D eigenvalue weighted by Crippen LogP contribution is -2.08. The monoisotopic (exact) mass is 205 g/mol. The average molecular weight is 205 g/mol. The minimum absolute atomic E-state index is 0.274. The summed E-state index contributed by atoms with van der Waals surface area (Å²) in [6.07, 6.45) is 5.21. The third-order valence-corrected chi connectivity index (χ3v) is 2.35. The maximum atomic E-state index is 5.39. The molecule has 2 N–H and O–H groups in total. The Labute approximate surface area is 91.7 Å². The van der Waals surface area contributed by atoms with Gasteiger partial charge in [0.2, 0.25) is 0 Å². The van der Waals surface area contributed by atoms with E-state index < -0.39 is 0 Å². The van der Waals surface area contributed by atoms with Crippen LogP contribution in [0.2, 0.25) is 0 Å². The van der Waals surface area contributed by atoms with Gasteiger partial charge in [0.15, 0.2) is 0 Å². The van der Waals surface area contributed by atoms with Crippen LogP contribution in [0.15, 0.2) is 30.3 Å². The highest BCUT2D eigenvalue weighted by Gasteiger charge is 2.00. The first-order valence-corrected chi connectivity index (χ1v) is 5.24. The molecule has 0 bridgehead atoms. The van der Waals surface area contributed by atoms with Crippen molar-refractivity contribution in [2.75, 3.05) is 13.7 Å². The third kappa shape index (κ3) is 4.28. The summed E-state index contributed by atoms with van der Waals surface area (Å²) in [5, 5.41) is 0. The Kier molecular flexibility index (Phi) is 5.08. The van der Waals surface area contributed by atoms with Crippen molar-refractivity contribution in [2.24, 2.45) is 5.73 Å². The molecule has 0 amide bonds. The predicted molar refractivity (Wildman–Crippen MR) is 64.7 cm³/mol. The van der Waals surface area contributed by atoms with Gasteiger partial charge in [-0.25, -0.2) is 0 Å². The van der Waals surface area contributed by atoms with E-state index in [1.54, 1.807) is 7.11 Å². The fourth-order valence-electron chi connectivity index (χ4n) is 1.38. The molecule has 0 fully saturated rings. The van der Waals surface area contributed by atoms with Crippen LogP contribution in [0.5, 0.6) is 0 Å². The molecule has 15 heavy (non-hydrogen) atoms. The molecular weight excluding hydrogens is 186 g/mol. The maximum Gasteiger partial charge on any atom is 0.0583 e. The van der Waals surface area contributed by atoms with Crippen LogP contribution in [0, 0.1) is 0 Å². The maximum absolute atomic E-state index is 5.39. The molecule has 1 unspecified atom stereocenters. The largest absolute Gasteiger partial charge is 0.381 e. The topological polar surface area (TPSA) is 35.2 Å². The van der Waals surface area contributed by atoms with Gasteiger partial charge in [-0.2, -0.15) is 0 Å². The van der Waals surface area contributed by atoms with E-state index in [0.717, 1.165) is 6.42 Å². The van der Waals surface area contributed by atoms with Gasteiger partial charge in [-0.15, -0.1) is 0 Å². The summed E-state index contributed by atoms with van der Waals surface area (Å²) in [6.45, 7) is 2.66. The highest BCUT2D eigenvalue weighted by molar-refractivity contribution is 5.49. The zero-order valence-corrected chi connectivity index (χ0v) is 9.44. The molecule has 0 aromatic heterocycles. The van der Waals surface area contributed by atoms with Crippen molar-refractivity contribution in [3.63, 3.8) is 0 Å². The highest BCUT2D eigenvalue weighted by Crippen LogP contribution is 2.09. The lowest BCUT2D eigenvalue weighted by atomic mass is 10.1. The molecule has 0 aliphatic heterocycles. The Bertz CT molecular complexity index is 303. The van der Waals surface area contributed by atoms with Crippen LogP contribution >= 0.6 is 0 Å². The minimum Gasteiger partial charge on any atom is -0.381 e. The minimum atomic E-state index is 0.274. The smallest absolute Gasteiger partial charge is 0.0583 e. The first kappa shape index (κ1) is 12.0. The van der Waals surface area contributed by atoms with Crippen LogP contribution in [0.4, 0.5) is 0 Å². The quantitative estimate of drug-likeness (QED) is 0.800. The van der Waals surface area contributed by atoms with Crippen molar-refractivity contribution in [1.82, 2.24) is 0 Å². The summed E-state index contributed by atoms with van der Waals surface area (Å²) < 4.78 is 5.22. The number of hydrogen-bond acceptors (Lipinski definition) is 2. The Hall–Kier alpha value is -1.12. The van der Waals surface area contributed by atoms with Crippen molar-refractivity contribution < 1.29 is 4.74 Å². The fourth-order valence-corrected chi connectivity index (χ4v) is 1.38. The Balaban J connectivity index is 2.60. The van der Waals surface area contributed by atoms with Crippen LogP contribution in [-0.4, -0.2) is 19.8 Å². The average Bonchev–Trinajstić information content (AvgIpc) is 2.28. The Morgan fingerprint density at radius 3 is 2.53 bits per heavy atom. The van der Waals surface area contributed by atoms with Crippen molar-refractivity contribution in [3.8, 4) is 0 Å². The number of hydrogen-bond donors (Lipinski definition) is 1. The van der Waals surface area contributed by atoms with E-state index >= 15 is 0 Å². The summed E-state index contributed by atoms with van der Waals surface area (Å²) >= 11 is 0. The number of nitrogens with two attached hydrogens (primary N) is 1. The number of rotatable bonds is 5. The van der Waals surface area contributed by atoms with Crippen LogP contribution in [0.3, 0.4) is 0 Å². The van der Waals surface area contributed by atoms with Gasteiger partial charge in [-0.3, -0.25) is 0 Å². The molecule has 2 nitrogen and oxygen atoms in total. The predicted octanol–water partition coefficient (Wildman–Crippen LogP) is 2.24. The molecule has 0 saturated heterocycles. The number of ether oxygens (including phenoxy) is 1. The van der Waals surface area contributed by atoms with Crippen LogP contribution < -0.4 is 5.73 Å². The van der Waals surface area contributed by atoms with Crippen molar-refractivity contribution in [2.45, 2.75) is 19.4 Å².